The molecule has 0 aliphatic heterocycles. The van der Waals surface area contributed by atoms with Gasteiger partial charge >= 0.3 is 0 Å². The molecule has 1 amide bonds. The summed E-state index contributed by atoms with van der Waals surface area (Å²) in [5.41, 5.74) is 0. The standard InChI is InChI=1S/C13H21BrN4O2S/c1-15-13(17-8-12(19)16-6-7-20-3)18(2)9-10-4-5-11(14)21-10/h4-5H,6-9H2,1-3H3,(H,15,17)(H,16,19). The molecule has 0 atom stereocenters. The molecule has 1 aromatic rings. The third-order valence-corrected chi connectivity index (χ3v) is 4.24. The Morgan fingerprint density at radius 3 is 2.81 bits per heavy atom. The summed E-state index contributed by atoms with van der Waals surface area (Å²) in [6.07, 6.45) is 0. The van der Waals surface area contributed by atoms with Crippen molar-refractivity contribution in [3.05, 3.63) is 20.8 Å². The number of ether oxygens (including phenoxy) is 1. The number of halogens is 1. The number of rotatable bonds is 7. The van der Waals surface area contributed by atoms with E-state index in [9.17, 15) is 4.79 Å². The summed E-state index contributed by atoms with van der Waals surface area (Å²) >= 11 is 5.13. The Morgan fingerprint density at radius 1 is 1.48 bits per heavy atom. The first-order valence-corrected chi connectivity index (χ1v) is 8.09. The van der Waals surface area contributed by atoms with Crippen LogP contribution in [0.15, 0.2) is 20.9 Å². The predicted octanol–water partition coefficient (Wildman–Crippen LogP) is 1.28. The minimum absolute atomic E-state index is 0.0829. The normalized spacial score (nSPS) is 11.3. The smallest absolute Gasteiger partial charge is 0.239 e. The summed E-state index contributed by atoms with van der Waals surface area (Å²) in [5, 5.41) is 5.79. The van der Waals surface area contributed by atoms with Crippen LogP contribution in [0.4, 0.5) is 0 Å². The Labute approximate surface area is 137 Å². The maximum absolute atomic E-state index is 11.6. The van der Waals surface area contributed by atoms with Crippen molar-refractivity contribution in [2.24, 2.45) is 4.99 Å². The maximum atomic E-state index is 11.6. The number of hydrogen-bond donors (Lipinski definition) is 2. The number of nitrogens with one attached hydrogen (secondary N) is 2. The van der Waals surface area contributed by atoms with Gasteiger partial charge in [-0.1, -0.05) is 0 Å². The second-order valence-electron chi connectivity index (χ2n) is 4.31. The minimum atomic E-state index is -0.0829. The van der Waals surface area contributed by atoms with Gasteiger partial charge in [0.15, 0.2) is 5.96 Å². The molecule has 1 heterocycles. The monoisotopic (exact) mass is 376 g/mol. The highest BCUT2D eigenvalue weighted by molar-refractivity contribution is 9.11. The van der Waals surface area contributed by atoms with Gasteiger partial charge in [-0.3, -0.25) is 9.79 Å². The van der Waals surface area contributed by atoms with E-state index >= 15 is 0 Å². The first-order chi connectivity index (χ1) is 10.1. The van der Waals surface area contributed by atoms with E-state index in [4.69, 9.17) is 4.74 Å². The van der Waals surface area contributed by atoms with Gasteiger partial charge in [0.05, 0.1) is 23.5 Å². The molecule has 0 radical (unpaired) electrons. The number of thiophene rings is 1. The van der Waals surface area contributed by atoms with Crippen LogP contribution >= 0.6 is 27.3 Å². The summed E-state index contributed by atoms with van der Waals surface area (Å²) < 4.78 is 5.98. The van der Waals surface area contributed by atoms with E-state index in [0.29, 0.717) is 19.1 Å². The van der Waals surface area contributed by atoms with Crippen LogP contribution in [-0.2, 0) is 16.1 Å². The van der Waals surface area contributed by atoms with Gasteiger partial charge in [-0.25, -0.2) is 0 Å². The van der Waals surface area contributed by atoms with Crippen LogP contribution in [0.2, 0.25) is 0 Å². The lowest BCUT2D eigenvalue weighted by Crippen LogP contribution is -2.44. The lowest BCUT2D eigenvalue weighted by molar-refractivity contribution is -0.120. The molecule has 0 fully saturated rings. The number of aliphatic imine (C=N–C) groups is 1. The molecule has 2 N–H and O–H groups in total. The molecule has 0 unspecified atom stereocenters. The predicted molar refractivity (Wildman–Crippen MR) is 89.7 cm³/mol. The summed E-state index contributed by atoms with van der Waals surface area (Å²) in [6.45, 7) is 1.94. The fourth-order valence-electron chi connectivity index (χ4n) is 1.64. The highest BCUT2D eigenvalue weighted by atomic mass is 79.9. The van der Waals surface area contributed by atoms with Crippen molar-refractivity contribution in [1.29, 1.82) is 0 Å². The van der Waals surface area contributed by atoms with Crippen LogP contribution in [-0.4, -0.2) is 57.7 Å². The van der Waals surface area contributed by atoms with E-state index in [-0.39, 0.29) is 12.5 Å². The first-order valence-electron chi connectivity index (χ1n) is 6.48. The van der Waals surface area contributed by atoms with E-state index in [1.807, 2.05) is 18.0 Å². The van der Waals surface area contributed by atoms with Gasteiger partial charge in [-0.05, 0) is 28.1 Å². The van der Waals surface area contributed by atoms with Crippen molar-refractivity contribution in [3.63, 3.8) is 0 Å². The van der Waals surface area contributed by atoms with Crippen molar-refractivity contribution < 1.29 is 9.53 Å². The SMILES string of the molecule is CN=C(NCC(=O)NCCOC)N(C)Cc1ccc(Br)s1. The fraction of sp³-hybridized carbons (Fsp3) is 0.538. The Morgan fingerprint density at radius 2 is 2.24 bits per heavy atom. The largest absolute Gasteiger partial charge is 0.383 e. The number of guanidine groups is 1. The van der Waals surface area contributed by atoms with E-state index in [0.717, 1.165) is 10.3 Å². The zero-order valence-electron chi connectivity index (χ0n) is 12.5. The third kappa shape index (κ3) is 6.92. The molecule has 0 saturated heterocycles. The lowest BCUT2D eigenvalue weighted by atomic mass is 10.4. The van der Waals surface area contributed by atoms with Crippen LogP contribution in [0, 0.1) is 0 Å². The summed E-state index contributed by atoms with van der Waals surface area (Å²) in [6, 6.07) is 4.09. The van der Waals surface area contributed by atoms with E-state index in [2.05, 4.69) is 37.6 Å². The molecular weight excluding hydrogens is 356 g/mol. The molecule has 0 saturated carbocycles. The molecule has 0 aliphatic carbocycles. The molecule has 118 valence electrons. The topological polar surface area (TPSA) is 66.0 Å². The Bertz CT molecular complexity index is 478. The fourth-order valence-corrected chi connectivity index (χ4v) is 3.18. The number of methoxy groups -OCH3 is 1. The second kappa shape index (κ2) is 9.75. The number of carbonyl (C=O) groups excluding carboxylic acids is 1. The number of amides is 1. The lowest BCUT2D eigenvalue weighted by Gasteiger charge is -2.21. The van der Waals surface area contributed by atoms with Gasteiger partial charge in [0.1, 0.15) is 0 Å². The van der Waals surface area contributed by atoms with Crippen LogP contribution in [0.3, 0.4) is 0 Å². The van der Waals surface area contributed by atoms with Gasteiger partial charge in [0, 0.05) is 32.6 Å². The molecule has 0 aliphatic rings. The summed E-state index contributed by atoms with van der Waals surface area (Å²) in [4.78, 5) is 19.0. The number of nitrogens with zero attached hydrogens (tertiary/aromatic N) is 2. The average Bonchev–Trinajstić information content (AvgIpc) is 2.85. The van der Waals surface area contributed by atoms with Crippen molar-refractivity contribution in [2.45, 2.75) is 6.54 Å². The van der Waals surface area contributed by atoms with Gasteiger partial charge in [0.2, 0.25) is 5.91 Å². The molecule has 1 rings (SSSR count). The van der Waals surface area contributed by atoms with Crippen LogP contribution in [0.5, 0.6) is 0 Å². The van der Waals surface area contributed by atoms with Crippen molar-refractivity contribution in [2.75, 3.05) is 40.9 Å². The molecule has 0 bridgehead atoms. The first kappa shape index (κ1) is 17.9. The molecule has 0 aromatic carbocycles. The summed E-state index contributed by atoms with van der Waals surface area (Å²) in [7, 11) is 5.24. The molecular formula is C13H21BrN4O2S. The Kier molecular flexibility index (Phi) is 8.33. The summed E-state index contributed by atoms with van der Waals surface area (Å²) in [5.74, 6) is 0.599. The third-order valence-electron chi connectivity index (χ3n) is 2.63. The molecule has 1 aromatic heterocycles. The van der Waals surface area contributed by atoms with Crippen LogP contribution in [0.25, 0.3) is 0 Å². The maximum Gasteiger partial charge on any atom is 0.239 e. The molecule has 0 spiro atoms. The van der Waals surface area contributed by atoms with E-state index < -0.39 is 0 Å². The highest BCUT2D eigenvalue weighted by Gasteiger charge is 2.09. The zero-order chi connectivity index (χ0) is 15.7. The van der Waals surface area contributed by atoms with Gasteiger partial charge < -0.3 is 20.3 Å². The zero-order valence-corrected chi connectivity index (χ0v) is 14.9. The quantitative estimate of drug-likeness (QED) is 0.427. The molecule has 8 heteroatoms. The van der Waals surface area contributed by atoms with E-state index in [1.165, 1.54) is 4.88 Å². The average molecular weight is 377 g/mol. The highest BCUT2D eigenvalue weighted by Crippen LogP contribution is 2.22. The van der Waals surface area contributed by atoms with Gasteiger partial charge in [-0.15, -0.1) is 11.3 Å². The van der Waals surface area contributed by atoms with Crippen molar-refractivity contribution in [1.82, 2.24) is 15.5 Å². The number of carbonyl (C=O) groups is 1. The molecule has 6 nitrogen and oxygen atoms in total. The van der Waals surface area contributed by atoms with E-state index in [1.54, 1.807) is 25.5 Å². The van der Waals surface area contributed by atoms with Crippen LogP contribution in [0.1, 0.15) is 4.88 Å². The van der Waals surface area contributed by atoms with Gasteiger partial charge in [0.25, 0.3) is 0 Å². The number of hydrogen-bond acceptors (Lipinski definition) is 4. The Balaban J connectivity index is 2.38. The Hall–Kier alpha value is -1.12. The van der Waals surface area contributed by atoms with Crippen LogP contribution < -0.4 is 10.6 Å². The molecule has 21 heavy (non-hydrogen) atoms. The minimum Gasteiger partial charge on any atom is -0.383 e. The van der Waals surface area contributed by atoms with Crippen molar-refractivity contribution >= 4 is 39.1 Å². The van der Waals surface area contributed by atoms with Gasteiger partial charge in [-0.2, -0.15) is 0 Å². The van der Waals surface area contributed by atoms with Crippen molar-refractivity contribution in [3.8, 4) is 0 Å². The second-order valence-corrected chi connectivity index (χ2v) is 6.85.